The highest BCUT2D eigenvalue weighted by Gasteiger charge is 2.16. The van der Waals surface area contributed by atoms with Crippen LogP contribution >= 0.6 is 0 Å². The molecule has 0 unspecified atom stereocenters. The Morgan fingerprint density at radius 1 is 0.222 bits per heavy atom. The van der Waals surface area contributed by atoms with Crippen molar-refractivity contribution in [1.29, 1.82) is 0 Å². The average molecular weight is 922 g/mol. The molecule has 0 heterocycles. The number of hydrogen-bond acceptors (Lipinski definition) is 1. The molecule has 1 nitrogen and oxygen atoms in total. The smallest absolute Gasteiger partial charge is 0.0462 e. The van der Waals surface area contributed by atoms with Crippen LogP contribution in [0.2, 0.25) is 0 Å². The fraction of sp³-hybridized carbons (Fsp3) is 0.0423. The monoisotopic (exact) mass is 921 g/mol. The zero-order chi connectivity index (χ0) is 48.6. The van der Waals surface area contributed by atoms with Crippen molar-refractivity contribution < 1.29 is 0 Å². The second-order valence-electron chi connectivity index (χ2n) is 18.4. The molecule has 1 heteroatoms. The Morgan fingerprint density at radius 3 is 0.847 bits per heavy atom. The lowest BCUT2D eigenvalue weighted by molar-refractivity contribution is 1.09. The van der Waals surface area contributed by atoms with E-state index in [1.54, 1.807) is 0 Å². The maximum Gasteiger partial charge on any atom is 0.0462 e. The van der Waals surface area contributed by atoms with Crippen LogP contribution in [-0.4, -0.2) is 0 Å². The van der Waals surface area contributed by atoms with Crippen LogP contribution in [0.1, 0.15) is 20.3 Å². The molecule has 0 bridgehead atoms. The normalized spacial score (nSPS) is 11.0. The molecule has 0 aliphatic rings. The molecule has 0 aliphatic heterocycles. The van der Waals surface area contributed by atoms with E-state index in [2.05, 4.69) is 304 Å². The predicted molar refractivity (Wildman–Crippen MR) is 310 cm³/mol. The molecule has 12 rings (SSSR count). The third kappa shape index (κ3) is 9.62. The Hall–Kier alpha value is -9.04. The van der Waals surface area contributed by atoms with Crippen LogP contribution in [0.4, 0.5) is 17.1 Å². The molecule has 0 fully saturated rings. The summed E-state index contributed by atoms with van der Waals surface area (Å²) < 4.78 is 0. The fourth-order valence-electron chi connectivity index (χ4n) is 9.93. The summed E-state index contributed by atoms with van der Waals surface area (Å²) in [6.07, 6.45) is 1.25. The standard InChI is InChI=1S/C68H47N.C3H8/c1-2-14-48(15-3-1)54-20-8-24-58(44-54)59-25-9-21-55(45-59)49-32-38-62(39-33-49)69(63-40-34-50(35-41-63)56-22-10-26-60(46-56)67-30-12-18-52-16-4-6-28-65(52)67)64-42-36-51(37-43-64)57-23-11-27-61(47-57)68-31-13-19-53-17-5-7-29-66(53)68;1-3-2/h1-47H;3H2,1-2H3. The third-order valence-corrected chi connectivity index (χ3v) is 13.5. The van der Waals surface area contributed by atoms with Gasteiger partial charge in [0.15, 0.2) is 0 Å². The quantitative estimate of drug-likeness (QED) is 0.132. The van der Waals surface area contributed by atoms with Gasteiger partial charge in [-0.15, -0.1) is 0 Å². The molecule has 72 heavy (non-hydrogen) atoms. The van der Waals surface area contributed by atoms with E-state index >= 15 is 0 Å². The zero-order valence-electron chi connectivity index (χ0n) is 40.8. The predicted octanol–water partition coefficient (Wildman–Crippen LogP) is 20.5. The first kappa shape index (κ1) is 45.4. The maximum atomic E-state index is 2.36. The first-order chi connectivity index (χ1) is 35.6. The van der Waals surface area contributed by atoms with Crippen molar-refractivity contribution >= 4 is 38.6 Å². The molecule has 344 valence electrons. The highest BCUT2D eigenvalue weighted by molar-refractivity contribution is 5.98. The molecule has 0 radical (unpaired) electrons. The van der Waals surface area contributed by atoms with Crippen LogP contribution < -0.4 is 4.90 Å². The zero-order valence-corrected chi connectivity index (χ0v) is 40.8. The second kappa shape index (κ2) is 20.9. The van der Waals surface area contributed by atoms with Crippen LogP contribution in [0, 0.1) is 0 Å². The second-order valence-corrected chi connectivity index (χ2v) is 18.4. The summed E-state index contributed by atoms with van der Waals surface area (Å²) in [5.41, 5.74) is 20.1. The molecule has 0 saturated heterocycles. The van der Waals surface area contributed by atoms with Gasteiger partial charge in [0, 0.05) is 17.1 Å². The van der Waals surface area contributed by atoms with Crippen LogP contribution in [0.5, 0.6) is 0 Å². The molecule has 0 amide bonds. The van der Waals surface area contributed by atoms with Crippen molar-refractivity contribution in [2.75, 3.05) is 4.90 Å². The summed E-state index contributed by atoms with van der Waals surface area (Å²) in [6.45, 7) is 4.25. The summed E-state index contributed by atoms with van der Waals surface area (Å²) in [6, 6.07) is 104. The van der Waals surface area contributed by atoms with Gasteiger partial charge in [0.2, 0.25) is 0 Å². The minimum Gasteiger partial charge on any atom is -0.311 e. The summed E-state index contributed by atoms with van der Waals surface area (Å²) in [7, 11) is 0. The van der Waals surface area contributed by atoms with Crippen molar-refractivity contribution in [2.24, 2.45) is 0 Å². The highest BCUT2D eigenvalue weighted by atomic mass is 15.1. The van der Waals surface area contributed by atoms with Gasteiger partial charge >= 0.3 is 0 Å². The van der Waals surface area contributed by atoms with Gasteiger partial charge in [0.05, 0.1) is 0 Å². The lowest BCUT2D eigenvalue weighted by Gasteiger charge is -2.26. The van der Waals surface area contributed by atoms with Gasteiger partial charge in [-0.1, -0.05) is 245 Å². The van der Waals surface area contributed by atoms with E-state index in [4.69, 9.17) is 0 Å². The Balaban J connectivity index is 0.00000182. The van der Waals surface area contributed by atoms with Gasteiger partial charge in [-0.2, -0.15) is 0 Å². The SMILES string of the molecule is CCC.c1ccc(-c2cccc(-c3cccc(-c4ccc(N(c5ccc(-c6cccc(-c7cccc8ccccc78)c6)cc5)c5ccc(-c6cccc(-c7cccc8ccccc78)c6)cc5)cc4)c3)c2)cc1. The minimum atomic E-state index is 1.09. The van der Waals surface area contributed by atoms with E-state index in [9.17, 15) is 0 Å². The molecule has 0 atom stereocenters. The first-order valence-corrected chi connectivity index (χ1v) is 25.1. The molecule has 12 aromatic rings. The largest absolute Gasteiger partial charge is 0.311 e. The van der Waals surface area contributed by atoms with Crippen molar-refractivity contribution in [3.05, 3.63) is 285 Å². The van der Waals surface area contributed by atoms with Crippen LogP contribution in [0.3, 0.4) is 0 Å². The lowest BCUT2D eigenvalue weighted by atomic mass is 9.95. The van der Waals surface area contributed by atoms with Crippen molar-refractivity contribution in [3.63, 3.8) is 0 Å². The summed E-state index contributed by atoms with van der Waals surface area (Å²) >= 11 is 0. The van der Waals surface area contributed by atoms with Crippen molar-refractivity contribution in [1.82, 2.24) is 0 Å². The van der Waals surface area contributed by atoms with Crippen LogP contribution in [-0.2, 0) is 0 Å². The van der Waals surface area contributed by atoms with E-state index < -0.39 is 0 Å². The van der Waals surface area contributed by atoms with E-state index in [1.165, 1.54) is 106 Å². The Labute approximate surface area is 424 Å². The number of hydrogen-bond donors (Lipinski definition) is 0. The topological polar surface area (TPSA) is 3.24 Å². The number of benzene rings is 12. The maximum absolute atomic E-state index is 2.36. The Kier molecular flexibility index (Phi) is 13.2. The minimum absolute atomic E-state index is 1.09. The van der Waals surface area contributed by atoms with E-state index in [0.29, 0.717) is 0 Å². The number of anilines is 3. The van der Waals surface area contributed by atoms with E-state index in [1.807, 2.05) is 0 Å². The Morgan fingerprint density at radius 2 is 0.472 bits per heavy atom. The molecule has 12 aromatic carbocycles. The molecular formula is C71H55N. The van der Waals surface area contributed by atoms with Gasteiger partial charge in [-0.25, -0.2) is 0 Å². The van der Waals surface area contributed by atoms with Gasteiger partial charge in [0.25, 0.3) is 0 Å². The third-order valence-electron chi connectivity index (χ3n) is 13.5. The van der Waals surface area contributed by atoms with Crippen LogP contribution in [0.25, 0.3) is 99.4 Å². The average Bonchev–Trinajstić information content (AvgIpc) is 3.46. The summed E-state index contributed by atoms with van der Waals surface area (Å²) in [5.74, 6) is 0. The molecule has 0 spiro atoms. The van der Waals surface area contributed by atoms with Gasteiger partial charge in [-0.05, 0) is 160 Å². The molecule has 0 N–H and O–H groups in total. The molecule has 0 aromatic heterocycles. The molecular weight excluding hydrogens is 867 g/mol. The lowest BCUT2D eigenvalue weighted by Crippen LogP contribution is -2.09. The van der Waals surface area contributed by atoms with E-state index in [-0.39, 0.29) is 0 Å². The van der Waals surface area contributed by atoms with E-state index in [0.717, 1.165) is 17.1 Å². The van der Waals surface area contributed by atoms with Crippen molar-refractivity contribution in [3.8, 4) is 77.9 Å². The highest BCUT2D eigenvalue weighted by Crippen LogP contribution is 2.40. The van der Waals surface area contributed by atoms with Gasteiger partial charge in [-0.3, -0.25) is 0 Å². The summed E-state index contributed by atoms with van der Waals surface area (Å²) in [5, 5.41) is 5.02. The Bertz CT molecular complexity index is 3600. The number of nitrogens with zero attached hydrogens (tertiary/aromatic N) is 1. The molecule has 0 saturated carbocycles. The summed E-state index contributed by atoms with van der Waals surface area (Å²) in [4.78, 5) is 2.36. The van der Waals surface area contributed by atoms with Gasteiger partial charge in [0.1, 0.15) is 0 Å². The number of rotatable bonds is 10. The van der Waals surface area contributed by atoms with Crippen molar-refractivity contribution in [2.45, 2.75) is 20.3 Å². The fourth-order valence-corrected chi connectivity index (χ4v) is 9.93. The number of fused-ring (bicyclic) bond motifs is 2. The van der Waals surface area contributed by atoms with Crippen LogP contribution in [0.15, 0.2) is 285 Å². The first-order valence-electron chi connectivity index (χ1n) is 25.1. The van der Waals surface area contributed by atoms with Gasteiger partial charge < -0.3 is 4.90 Å². The molecule has 0 aliphatic carbocycles.